The molecule has 0 unspecified atom stereocenters. The molecule has 0 radical (unpaired) electrons. The number of unbranched alkanes of at least 4 members (excludes halogenated alkanes) is 14. The van der Waals surface area contributed by atoms with E-state index in [1.807, 2.05) is 6.08 Å². The summed E-state index contributed by atoms with van der Waals surface area (Å²) in [4.78, 5) is 0. The summed E-state index contributed by atoms with van der Waals surface area (Å²) < 4.78 is 0. The van der Waals surface area contributed by atoms with E-state index >= 15 is 0 Å². The van der Waals surface area contributed by atoms with Crippen molar-refractivity contribution in [2.45, 2.75) is 116 Å². The van der Waals surface area contributed by atoms with Crippen molar-refractivity contribution in [1.29, 1.82) is 0 Å². The second-order valence-corrected chi connectivity index (χ2v) is 7.35. The second kappa shape index (κ2) is 19.8. The number of hydrogen-bond acceptors (Lipinski definition) is 0. The van der Waals surface area contributed by atoms with Crippen molar-refractivity contribution in [3.05, 3.63) is 23.8 Å². The molecule has 0 aromatic heterocycles. The summed E-state index contributed by atoms with van der Waals surface area (Å²) in [6.07, 6.45) is 26.8. The summed E-state index contributed by atoms with van der Waals surface area (Å²) in [6, 6.07) is 0. The highest BCUT2D eigenvalue weighted by molar-refractivity contribution is 6.29. The van der Waals surface area contributed by atoms with Crippen molar-refractivity contribution >= 4 is 11.6 Å². The van der Waals surface area contributed by atoms with Gasteiger partial charge in [-0.25, -0.2) is 0 Å². The first-order chi connectivity index (χ1) is 11.3. The molecule has 0 N–H and O–H groups in total. The highest BCUT2D eigenvalue weighted by atomic mass is 35.5. The first-order valence-electron chi connectivity index (χ1n) is 10.3. The van der Waals surface area contributed by atoms with Crippen molar-refractivity contribution in [2.24, 2.45) is 0 Å². The Kier molecular flexibility index (Phi) is 19.6. The molecule has 0 aliphatic carbocycles. The number of rotatable bonds is 18. The summed E-state index contributed by atoms with van der Waals surface area (Å²) in [5.74, 6) is 0. The third-order valence-electron chi connectivity index (χ3n) is 4.50. The second-order valence-electron chi connectivity index (χ2n) is 6.86. The molecule has 0 saturated carbocycles. The van der Waals surface area contributed by atoms with Crippen molar-refractivity contribution in [3.63, 3.8) is 0 Å². The predicted octanol–water partition coefficient (Wildman–Crippen LogP) is 8.95. The molecule has 0 aliphatic rings. The first kappa shape index (κ1) is 22.8. The first-order valence-corrected chi connectivity index (χ1v) is 10.6. The highest BCUT2D eigenvalue weighted by Gasteiger charge is 1.96. The van der Waals surface area contributed by atoms with E-state index in [2.05, 4.69) is 19.6 Å². The maximum absolute atomic E-state index is 6.31. The fourth-order valence-electron chi connectivity index (χ4n) is 2.93. The third-order valence-corrected chi connectivity index (χ3v) is 4.84. The minimum absolute atomic E-state index is 1.09. The standard InChI is InChI=1S/C22H41Cl/c1-3-5-7-9-11-12-13-15-17-19-21-22(23)20-18-16-14-10-8-6-4-2/h3,20H,1,4-19,21H2,2H3/b22-20+. The molecule has 136 valence electrons. The van der Waals surface area contributed by atoms with E-state index in [0.717, 1.165) is 11.5 Å². The molecule has 0 rings (SSSR count). The molecule has 0 nitrogen and oxygen atoms in total. The minimum Gasteiger partial charge on any atom is -0.103 e. The van der Waals surface area contributed by atoms with E-state index in [1.165, 1.54) is 103 Å². The van der Waals surface area contributed by atoms with Crippen molar-refractivity contribution < 1.29 is 0 Å². The zero-order valence-corrected chi connectivity index (χ0v) is 16.5. The van der Waals surface area contributed by atoms with Gasteiger partial charge in [-0.2, -0.15) is 0 Å². The van der Waals surface area contributed by atoms with Gasteiger partial charge in [0, 0.05) is 5.03 Å². The van der Waals surface area contributed by atoms with Crippen LogP contribution in [0.15, 0.2) is 23.8 Å². The molecular formula is C22H41Cl. The summed E-state index contributed by atoms with van der Waals surface area (Å²) in [7, 11) is 0. The number of hydrogen-bond donors (Lipinski definition) is 0. The van der Waals surface area contributed by atoms with E-state index in [4.69, 9.17) is 11.6 Å². The van der Waals surface area contributed by atoms with Crippen LogP contribution in [0.3, 0.4) is 0 Å². The Morgan fingerprint density at radius 3 is 1.74 bits per heavy atom. The van der Waals surface area contributed by atoms with Crippen LogP contribution in [0.4, 0.5) is 0 Å². The number of allylic oxidation sites excluding steroid dienone is 3. The van der Waals surface area contributed by atoms with Crippen LogP contribution in [-0.4, -0.2) is 0 Å². The average Bonchev–Trinajstić information content (AvgIpc) is 2.55. The van der Waals surface area contributed by atoms with Gasteiger partial charge in [0.1, 0.15) is 0 Å². The quantitative estimate of drug-likeness (QED) is 0.172. The van der Waals surface area contributed by atoms with Gasteiger partial charge in [0.25, 0.3) is 0 Å². The van der Waals surface area contributed by atoms with Crippen LogP contribution in [0.1, 0.15) is 116 Å². The lowest BCUT2D eigenvalue weighted by Crippen LogP contribution is -1.83. The molecule has 0 amide bonds. The smallest absolute Gasteiger partial charge is 0.0141 e. The third kappa shape index (κ3) is 19.7. The number of halogens is 1. The van der Waals surface area contributed by atoms with Crippen LogP contribution in [0.2, 0.25) is 0 Å². The van der Waals surface area contributed by atoms with E-state index in [-0.39, 0.29) is 0 Å². The lowest BCUT2D eigenvalue weighted by atomic mass is 10.1. The Morgan fingerprint density at radius 2 is 1.17 bits per heavy atom. The molecule has 0 atom stereocenters. The van der Waals surface area contributed by atoms with Gasteiger partial charge >= 0.3 is 0 Å². The van der Waals surface area contributed by atoms with E-state index in [9.17, 15) is 0 Å². The summed E-state index contributed by atoms with van der Waals surface area (Å²) in [5, 5.41) is 1.10. The van der Waals surface area contributed by atoms with Crippen molar-refractivity contribution in [2.75, 3.05) is 0 Å². The molecule has 23 heavy (non-hydrogen) atoms. The summed E-state index contributed by atoms with van der Waals surface area (Å²) in [6.45, 7) is 6.04. The normalized spacial score (nSPS) is 11.8. The molecule has 0 aromatic rings. The fraction of sp³-hybridized carbons (Fsp3) is 0.818. The van der Waals surface area contributed by atoms with Gasteiger partial charge in [-0.1, -0.05) is 101 Å². The van der Waals surface area contributed by atoms with Crippen LogP contribution in [-0.2, 0) is 0 Å². The Morgan fingerprint density at radius 1 is 0.696 bits per heavy atom. The molecule has 0 saturated heterocycles. The zero-order chi connectivity index (χ0) is 17.0. The molecule has 0 bridgehead atoms. The van der Waals surface area contributed by atoms with Crippen LogP contribution in [0, 0.1) is 0 Å². The van der Waals surface area contributed by atoms with Crippen LogP contribution in [0.5, 0.6) is 0 Å². The van der Waals surface area contributed by atoms with E-state index in [0.29, 0.717) is 0 Å². The lowest BCUT2D eigenvalue weighted by Gasteiger charge is -2.02. The SMILES string of the molecule is C=CCCCCCCCCCC/C(Cl)=C\CCCCCCCC. The van der Waals surface area contributed by atoms with E-state index in [1.54, 1.807) is 0 Å². The van der Waals surface area contributed by atoms with Gasteiger partial charge in [0.05, 0.1) is 0 Å². The molecule has 0 aromatic carbocycles. The van der Waals surface area contributed by atoms with Crippen LogP contribution in [0.25, 0.3) is 0 Å². The molecule has 1 heteroatoms. The summed E-state index contributed by atoms with van der Waals surface area (Å²) >= 11 is 6.31. The van der Waals surface area contributed by atoms with E-state index < -0.39 is 0 Å². The van der Waals surface area contributed by atoms with Gasteiger partial charge in [0.15, 0.2) is 0 Å². The van der Waals surface area contributed by atoms with Gasteiger partial charge in [-0.05, 0) is 38.5 Å². The summed E-state index contributed by atoms with van der Waals surface area (Å²) in [5.41, 5.74) is 0. The van der Waals surface area contributed by atoms with Crippen LogP contribution < -0.4 is 0 Å². The van der Waals surface area contributed by atoms with Gasteiger partial charge < -0.3 is 0 Å². The monoisotopic (exact) mass is 340 g/mol. The minimum atomic E-state index is 1.09. The fourth-order valence-corrected chi connectivity index (χ4v) is 3.17. The Labute approximate surface area is 151 Å². The van der Waals surface area contributed by atoms with Crippen molar-refractivity contribution in [3.8, 4) is 0 Å². The highest BCUT2D eigenvalue weighted by Crippen LogP contribution is 2.17. The molecular weight excluding hydrogens is 300 g/mol. The predicted molar refractivity (Wildman–Crippen MR) is 108 cm³/mol. The zero-order valence-electron chi connectivity index (χ0n) is 15.8. The van der Waals surface area contributed by atoms with Crippen molar-refractivity contribution in [1.82, 2.24) is 0 Å². The maximum Gasteiger partial charge on any atom is 0.0141 e. The van der Waals surface area contributed by atoms with Gasteiger partial charge in [-0.15, -0.1) is 6.58 Å². The Hall–Kier alpha value is -0.230. The Bertz CT molecular complexity index is 267. The topological polar surface area (TPSA) is 0 Å². The largest absolute Gasteiger partial charge is 0.103 e. The van der Waals surface area contributed by atoms with Gasteiger partial charge in [0.2, 0.25) is 0 Å². The molecule has 0 spiro atoms. The average molecular weight is 341 g/mol. The molecule has 0 heterocycles. The van der Waals surface area contributed by atoms with Crippen LogP contribution >= 0.6 is 11.6 Å². The Balaban J connectivity index is 3.24. The maximum atomic E-state index is 6.31. The lowest BCUT2D eigenvalue weighted by molar-refractivity contribution is 0.570. The molecule has 0 aliphatic heterocycles. The van der Waals surface area contributed by atoms with Gasteiger partial charge in [-0.3, -0.25) is 0 Å². The molecule has 0 fully saturated rings.